The van der Waals surface area contributed by atoms with Crippen molar-refractivity contribution >= 4 is 11.5 Å². The second kappa shape index (κ2) is 7.58. The highest BCUT2D eigenvalue weighted by atomic mass is 19.4. The largest absolute Gasteiger partial charge is 0.416 e. The number of halogens is 3. The van der Waals surface area contributed by atoms with Crippen molar-refractivity contribution in [1.29, 1.82) is 10.5 Å². The van der Waals surface area contributed by atoms with Crippen molar-refractivity contribution in [2.75, 3.05) is 24.3 Å². The van der Waals surface area contributed by atoms with E-state index in [1.165, 1.54) is 11.1 Å². The quantitative estimate of drug-likeness (QED) is 0.831. The van der Waals surface area contributed by atoms with Crippen LogP contribution in [0.25, 0.3) is 11.3 Å². The number of rotatable bonds is 4. The Kier molecular flexibility index (Phi) is 5.48. The molecule has 0 amide bonds. The maximum Gasteiger partial charge on any atom is 0.416 e. The van der Waals surface area contributed by atoms with E-state index in [2.05, 4.69) is 10.3 Å². The summed E-state index contributed by atoms with van der Waals surface area (Å²) in [6, 6.07) is 11.9. The van der Waals surface area contributed by atoms with E-state index in [0.29, 0.717) is 11.3 Å². The highest BCUT2D eigenvalue weighted by molar-refractivity contribution is 5.68. The number of anilines is 2. The highest BCUT2D eigenvalue weighted by Crippen LogP contribution is 2.34. The lowest BCUT2D eigenvalue weighted by Crippen LogP contribution is -2.14. The summed E-state index contributed by atoms with van der Waals surface area (Å²) in [7, 11) is 3.22. The minimum Gasteiger partial charge on any atom is -0.363 e. The number of nitrogens with one attached hydrogen (secondary N) is 1. The van der Waals surface area contributed by atoms with Crippen molar-refractivity contribution in [3.8, 4) is 23.4 Å². The maximum absolute atomic E-state index is 13.2. The van der Waals surface area contributed by atoms with Gasteiger partial charge in [0.25, 0.3) is 0 Å². The van der Waals surface area contributed by atoms with E-state index in [9.17, 15) is 13.2 Å². The fourth-order valence-corrected chi connectivity index (χ4v) is 2.07. The smallest absolute Gasteiger partial charge is 0.363 e. The Morgan fingerprint density at radius 1 is 1.15 bits per heavy atom. The van der Waals surface area contributed by atoms with Crippen LogP contribution >= 0.6 is 0 Å². The molecule has 0 radical (unpaired) electrons. The Labute approximate surface area is 148 Å². The molecule has 8 heteroatoms. The molecule has 1 aromatic carbocycles. The monoisotopic (exact) mass is 357 g/mol. The van der Waals surface area contributed by atoms with Gasteiger partial charge in [0, 0.05) is 31.5 Å². The van der Waals surface area contributed by atoms with E-state index < -0.39 is 11.7 Å². The minimum absolute atomic E-state index is 0.123. The lowest BCUT2D eigenvalue weighted by atomic mass is 10.1. The zero-order chi connectivity index (χ0) is 19.3. The molecular formula is C18H14F3N5. The molecule has 2 rings (SSSR count). The molecule has 0 unspecified atom stereocenters. The Hall–Kier alpha value is -3.52. The maximum atomic E-state index is 13.2. The SMILES string of the molecule is CN(C)c1cc(C(F)(F)F)cc(-c2cccc(NC=C(C#N)C#N)c2)n1. The molecule has 26 heavy (non-hydrogen) atoms. The van der Waals surface area contributed by atoms with Gasteiger partial charge in [0.2, 0.25) is 0 Å². The van der Waals surface area contributed by atoms with Crippen LogP contribution in [0.3, 0.4) is 0 Å². The normalized spacial score (nSPS) is 10.4. The number of benzene rings is 1. The molecule has 0 spiro atoms. The average molecular weight is 357 g/mol. The number of aromatic nitrogens is 1. The standard InChI is InChI=1S/C18H14F3N5/c1-26(2)17-8-14(18(19,20)21)7-16(25-17)13-4-3-5-15(6-13)24-11-12(9-22)10-23/h3-8,11,24H,1-2H3. The van der Waals surface area contributed by atoms with Crippen molar-refractivity contribution in [3.63, 3.8) is 0 Å². The first kappa shape index (κ1) is 18.8. The third-order valence-electron chi connectivity index (χ3n) is 3.38. The Balaban J connectivity index is 2.47. The summed E-state index contributed by atoms with van der Waals surface area (Å²) in [4.78, 5) is 5.76. The van der Waals surface area contributed by atoms with E-state index in [1.807, 2.05) is 0 Å². The average Bonchev–Trinajstić information content (AvgIpc) is 2.61. The van der Waals surface area contributed by atoms with Crippen molar-refractivity contribution in [2.24, 2.45) is 0 Å². The van der Waals surface area contributed by atoms with E-state index in [0.717, 1.165) is 12.1 Å². The van der Waals surface area contributed by atoms with Crippen molar-refractivity contribution in [3.05, 3.63) is 53.7 Å². The Bertz CT molecular complexity index is 902. The van der Waals surface area contributed by atoms with Crippen molar-refractivity contribution in [1.82, 2.24) is 4.98 Å². The Morgan fingerprint density at radius 2 is 1.85 bits per heavy atom. The van der Waals surface area contributed by atoms with Gasteiger partial charge in [0.05, 0.1) is 11.3 Å². The number of alkyl halides is 3. The topological polar surface area (TPSA) is 75.7 Å². The molecule has 1 aromatic heterocycles. The zero-order valence-corrected chi connectivity index (χ0v) is 14.0. The van der Waals surface area contributed by atoms with Gasteiger partial charge in [-0.2, -0.15) is 23.7 Å². The van der Waals surface area contributed by atoms with Gasteiger partial charge in [-0.25, -0.2) is 4.98 Å². The van der Waals surface area contributed by atoms with Crippen molar-refractivity contribution in [2.45, 2.75) is 6.18 Å². The van der Waals surface area contributed by atoms with Crippen LogP contribution in [0.4, 0.5) is 24.7 Å². The van der Waals surface area contributed by atoms with Crippen LogP contribution in [-0.4, -0.2) is 19.1 Å². The number of hydrogen-bond donors (Lipinski definition) is 1. The third kappa shape index (κ3) is 4.52. The summed E-state index contributed by atoms with van der Waals surface area (Å²) < 4.78 is 39.5. The van der Waals surface area contributed by atoms with Gasteiger partial charge in [-0.15, -0.1) is 0 Å². The third-order valence-corrected chi connectivity index (χ3v) is 3.38. The van der Waals surface area contributed by atoms with E-state index in [1.54, 1.807) is 50.5 Å². The van der Waals surface area contributed by atoms with Crippen LogP contribution in [0.5, 0.6) is 0 Å². The molecule has 2 aromatic rings. The first-order valence-electron chi connectivity index (χ1n) is 7.38. The van der Waals surface area contributed by atoms with Crippen LogP contribution in [0.2, 0.25) is 0 Å². The zero-order valence-electron chi connectivity index (χ0n) is 14.0. The molecule has 1 N–H and O–H groups in total. The minimum atomic E-state index is -4.49. The lowest BCUT2D eigenvalue weighted by Gasteiger charge is -2.16. The highest BCUT2D eigenvalue weighted by Gasteiger charge is 2.32. The van der Waals surface area contributed by atoms with Gasteiger partial charge in [-0.05, 0) is 24.3 Å². The summed E-state index contributed by atoms with van der Waals surface area (Å²) >= 11 is 0. The number of allylic oxidation sites excluding steroid dienone is 1. The summed E-state index contributed by atoms with van der Waals surface area (Å²) in [6.45, 7) is 0. The summed E-state index contributed by atoms with van der Waals surface area (Å²) in [5.74, 6) is 0.185. The summed E-state index contributed by atoms with van der Waals surface area (Å²) in [5.41, 5.74) is 0.226. The second-order valence-electron chi connectivity index (χ2n) is 5.50. The number of nitriles is 2. The van der Waals surface area contributed by atoms with E-state index >= 15 is 0 Å². The molecule has 5 nitrogen and oxygen atoms in total. The van der Waals surface area contributed by atoms with Crippen molar-refractivity contribution < 1.29 is 13.2 Å². The van der Waals surface area contributed by atoms with Crippen LogP contribution in [0, 0.1) is 22.7 Å². The molecule has 0 saturated carbocycles. The molecule has 0 aliphatic rings. The van der Waals surface area contributed by atoms with E-state index in [-0.39, 0.29) is 17.1 Å². The van der Waals surface area contributed by atoms with Crippen LogP contribution in [-0.2, 0) is 6.18 Å². The molecule has 1 heterocycles. The molecule has 0 atom stereocenters. The van der Waals surface area contributed by atoms with Crippen LogP contribution < -0.4 is 10.2 Å². The lowest BCUT2D eigenvalue weighted by molar-refractivity contribution is -0.137. The predicted octanol–water partition coefficient (Wildman–Crippen LogP) is 4.18. The van der Waals surface area contributed by atoms with E-state index in [4.69, 9.17) is 10.5 Å². The fraction of sp³-hybridized carbons (Fsp3) is 0.167. The van der Waals surface area contributed by atoms with Crippen LogP contribution in [0.15, 0.2) is 48.2 Å². The van der Waals surface area contributed by atoms with Gasteiger partial charge >= 0.3 is 6.18 Å². The van der Waals surface area contributed by atoms with Gasteiger partial charge in [0.15, 0.2) is 0 Å². The van der Waals surface area contributed by atoms with Gasteiger partial charge < -0.3 is 10.2 Å². The fourth-order valence-electron chi connectivity index (χ4n) is 2.07. The first-order valence-corrected chi connectivity index (χ1v) is 7.38. The number of pyridine rings is 1. The first-order chi connectivity index (χ1) is 12.2. The second-order valence-corrected chi connectivity index (χ2v) is 5.50. The van der Waals surface area contributed by atoms with Gasteiger partial charge in [-0.1, -0.05) is 12.1 Å². The van der Waals surface area contributed by atoms with Gasteiger partial charge in [-0.3, -0.25) is 0 Å². The molecule has 0 saturated heterocycles. The number of nitrogens with zero attached hydrogens (tertiary/aromatic N) is 4. The molecule has 132 valence electrons. The molecule has 0 aliphatic carbocycles. The predicted molar refractivity (Wildman–Crippen MR) is 91.9 cm³/mol. The van der Waals surface area contributed by atoms with Gasteiger partial charge in [0.1, 0.15) is 23.5 Å². The summed E-state index contributed by atoms with van der Waals surface area (Å²) in [6.07, 6.45) is -3.26. The molecular weight excluding hydrogens is 343 g/mol. The number of hydrogen-bond acceptors (Lipinski definition) is 5. The summed E-state index contributed by atoms with van der Waals surface area (Å²) in [5, 5.41) is 20.2. The molecule has 0 bridgehead atoms. The molecule has 0 aliphatic heterocycles. The van der Waals surface area contributed by atoms with Crippen LogP contribution in [0.1, 0.15) is 5.56 Å². The Morgan fingerprint density at radius 3 is 2.42 bits per heavy atom. The molecule has 0 fully saturated rings.